The third-order valence-electron chi connectivity index (χ3n) is 2.66. The molecule has 82 valence electrons. The molecular weight excluding hydrogens is 190 g/mol. The molecule has 1 atom stereocenters. The minimum atomic E-state index is 0.536. The van der Waals surface area contributed by atoms with E-state index in [4.69, 9.17) is 4.74 Å². The average Bonchev–Trinajstić information content (AvgIpc) is 2.44. The first-order chi connectivity index (χ1) is 7.34. The normalized spacial score (nSPS) is 23.7. The van der Waals surface area contributed by atoms with Crippen LogP contribution >= 0.6 is 0 Å². The van der Waals surface area contributed by atoms with E-state index in [2.05, 4.69) is 21.9 Å². The fourth-order valence-corrected chi connectivity index (χ4v) is 1.91. The fraction of sp³-hybridized carbons (Fsp3) is 0.636. The molecule has 15 heavy (non-hydrogen) atoms. The molecule has 1 saturated heterocycles. The molecule has 0 bridgehead atoms. The Hall–Kier alpha value is -1.00. The molecule has 2 heterocycles. The summed E-state index contributed by atoms with van der Waals surface area (Å²) in [5.74, 6) is 0.536. The SMILES string of the molecule is CN1CCOC[C@H](Cc2cnccn2)C1. The molecule has 0 unspecified atom stereocenters. The molecule has 1 aromatic rings. The smallest absolute Gasteiger partial charge is 0.0593 e. The van der Waals surface area contributed by atoms with Gasteiger partial charge in [0.15, 0.2) is 0 Å². The van der Waals surface area contributed by atoms with Crippen LogP contribution in [0.5, 0.6) is 0 Å². The Morgan fingerprint density at radius 3 is 3.27 bits per heavy atom. The monoisotopic (exact) mass is 207 g/mol. The molecule has 1 aliphatic rings. The van der Waals surface area contributed by atoms with Crippen molar-refractivity contribution in [3.8, 4) is 0 Å². The van der Waals surface area contributed by atoms with E-state index in [1.807, 2.05) is 6.20 Å². The van der Waals surface area contributed by atoms with Gasteiger partial charge in [0.05, 0.1) is 18.9 Å². The first-order valence-corrected chi connectivity index (χ1v) is 5.36. The number of hydrogen-bond donors (Lipinski definition) is 0. The molecule has 0 N–H and O–H groups in total. The first-order valence-electron chi connectivity index (χ1n) is 5.36. The summed E-state index contributed by atoms with van der Waals surface area (Å²) < 4.78 is 5.56. The Bertz CT molecular complexity index is 291. The van der Waals surface area contributed by atoms with Gasteiger partial charge in [-0.3, -0.25) is 9.97 Å². The van der Waals surface area contributed by atoms with Crippen molar-refractivity contribution in [2.24, 2.45) is 5.92 Å². The summed E-state index contributed by atoms with van der Waals surface area (Å²) in [6.07, 6.45) is 6.25. The minimum absolute atomic E-state index is 0.536. The van der Waals surface area contributed by atoms with Crippen molar-refractivity contribution in [1.29, 1.82) is 0 Å². The zero-order valence-electron chi connectivity index (χ0n) is 9.09. The second-order valence-corrected chi connectivity index (χ2v) is 4.10. The van der Waals surface area contributed by atoms with Crippen molar-refractivity contribution in [2.45, 2.75) is 6.42 Å². The highest BCUT2D eigenvalue weighted by Crippen LogP contribution is 2.10. The summed E-state index contributed by atoms with van der Waals surface area (Å²) in [5, 5.41) is 0. The van der Waals surface area contributed by atoms with Gasteiger partial charge >= 0.3 is 0 Å². The van der Waals surface area contributed by atoms with Crippen LogP contribution in [0.4, 0.5) is 0 Å². The summed E-state index contributed by atoms with van der Waals surface area (Å²) in [4.78, 5) is 10.7. The van der Waals surface area contributed by atoms with Crippen LogP contribution in [0.3, 0.4) is 0 Å². The zero-order chi connectivity index (χ0) is 10.5. The lowest BCUT2D eigenvalue weighted by Gasteiger charge is -2.18. The number of rotatable bonds is 2. The highest BCUT2D eigenvalue weighted by atomic mass is 16.5. The maximum Gasteiger partial charge on any atom is 0.0593 e. The third kappa shape index (κ3) is 3.25. The van der Waals surface area contributed by atoms with E-state index in [0.29, 0.717) is 5.92 Å². The second kappa shape index (κ2) is 5.19. The average molecular weight is 207 g/mol. The number of likely N-dealkylation sites (N-methyl/N-ethyl adjacent to an activating group) is 1. The Balaban J connectivity index is 1.93. The van der Waals surface area contributed by atoms with Crippen LogP contribution in [-0.4, -0.2) is 48.2 Å². The molecule has 1 aliphatic heterocycles. The molecule has 0 saturated carbocycles. The highest BCUT2D eigenvalue weighted by Gasteiger charge is 2.16. The molecule has 0 aromatic carbocycles. The van der Waals surface area contributed by atoms with Crippen molar-refractivity contribution < 1.29 is 4.74 Å². The van der Waals surface area contributed by atoms with Gasteiger partial charge in [0.25, 0.3) is 0 Å². The predicted molar refractivity (Wildman–Crippen MR) is 57.5 cm³/mol. The van der Waals surface area contributed by atoms with Gasteiger partial charge in [0.1, 0.15) is 0 Å². The minimum Gasteiger partial charge on any atom is -0.380 e. The van der Waals surface area contributed by atoms with Gasteiger partial charge in [-0.25, -0.2) is 0 Å². The van der Waals surface area contributed by atoms with Crippen molar-refractivity contribution >= 4 is 0 Å². The van der Waals surface area contributed by atoms with E-state index < -0.39 is 0 Å². The number of aromatic nitrogens is 2. The van der Waals surface area contributed by atoms with Gasteiger partial charge in [0, 0.05) is 37.6 Å². The van der Waals surface area contributed by atoms with Crippen molar-refractivity contribution in [2.75, 3.05) is 33.4 Å². The van der Waals surface area contributed by atoms with Crippen molar-refractivity contribution in [1.82, 2.24) is 14.9 Å². The van der Waals surface area contributed by atoms with E-state index in [9.17, 15) is 0 Å². The summed E-state index contributed by atoms with van der Waals surface area (Å²) in [5.41, 5.74) is 1.06. The molecule has 0 aliphatic carbocycles. The largest absolute Gasteiger partial charge is 0.380 e. The lowest BCUT2D eigenvalue weighted by molar-refractivity contribution is 0.122. The standard InChI is InChI=1S/C11H17N3O/c1-14-4-5-15-9-10(8-14)6-11-7-12-2-3-13-11/h2-3,7,10H,4-6,8-9H2,1H3/t10-/m1/s1. The molecule has 0 spiro atoms. The predicted octanol–water partition coefficient (Wildman–Crippen LogP) is 0.597. The highest BCUT2D eigenvalue weighted by molar-refractivity contribution is 4.96. The van der Waals surface area contributed by atoms with E-state index in [1.54, 1.807) is 12.4 Å². The number of hydrogen-bond acceptors (Lipinski definition) is 4. The first kappa shape index (κ1) is 10.5. The molecular formula is C11H17N3O. The lowest BCUT2D eigenvalue weighted by atomic mass is 10.0. The lowest BCUT2D eigenvalue weighted by Crippen LogP contribution is -2.27. The number of ether oxygens (including phenoxy) is 1. The van der Waals surface area contributed by atoms with E-state index in [0.717, 1.165) is 38.4 Å². The number of nitrogens with zero attached hydrogens (tertiary/aromatic N) is 3. The van der Waals surface area contributed by atoms with Gasteiger partial charge in [0.2, 0.25) is 0 Å². The summed E-state index contributed by atoms with van der Waals surface area (Å²) >= 11 is 0. The van der Waals surface area contributed by atoms with Gasteiger partial charge in [-0.1, -0.05) is 0 Å². The Labute approximate surface area is 90.3 Å². The van der Waals surface area contributed by atoms with Crippen LogP contribution in [0, 0.1) is 5.92 Å². The molecule has 1 fully saturated rings. The van der Waals surface area contributed by atoms with Crippen LogP contribution in [0.15, 0.2) is 18.6 Å². The Kier molecular flexibility index (Phi) is 3.64. The Morgan fingerprint density at radius 2 is 2.47 bits per heavy atom. The van der Waals surface area contributed by atoms with Gasteiger partial charge in [-0.2, -0.15) is 0 Å². The Morgan fingerprint density at radius 1 is 1.53 bits per heavy atom. The molecule has 0 amide bonds. The molecule has 4 heteroatoms. The zero-order valence-corrected chi connectivity index (χ0v) is 9.09. The molecule has 4 nitrogen and oxygen atoms in total. The van der Waals surface area contributed by atoms with Crippen LogP contribution < -0.4 is 0 Å². The maximum atomic E-state index is 5.56. The van der Waals surface area contributed by atoms with Gasteiger partial charge in [-0.15, -0.1) is 0 Å². The topological polar surface area (TPSA) is 38.2 Å². The summed E-state index contributed by atoms with van der Waals surface area (Å²) in [6.45, 7) is 3.78. The summed E-state index contributed by atoms with van der Waals surface area (Å²) in [7, 11) is 2.14. The quantitative estimate of drug-likeness (QED) is 0.711. The molecule has 2 rings (SSSR count). The van der Waals surface area contributed by atoms with Crippen molar-refractivity contribution in [3.63, 3.8) is 0 Å². The molecule has 0 radical (unpaired) electrons. The molecule has 1 aromatic heterocycles. The third-order valence-corrected chi connectivity index (χ3v) is 2.66. The maximum absolute atomic E-state index is 5.56. The van der Waals surface area contributed by atoms with Crippen LogP contribution in [0.1, 0.15) is 5.69 Å². The van der Waals surface area contributed by atoms with Gasteiger partial charge in [-0.05, 0) is 13.5 Å². The fourth-order valence-electron chi connectivity index (χ4n) is 1.91. The van der Waals surface area contributed by atoms with E-state index in [1.165, 1.54) is 0 Å². The van der Waals surface area contributed by atoms with Gasteiger partial charge < -0.3 is 9.64 Å². The van der Waals surface area contributed by atoms with Crippen molar-refractivity contribution in [3.05, 3.63) is 24.3 Å². The van der Waals surface area contributed by atoms with Crippen LogP contribution in [-0.2, 0) is 11.2 Å². The van der Waals surface area contributed by atoms with Crippen LogP contribution in [0.25, 0.3) is 0 Å². The van der Waals surface area contributed by atoms with E-state index >= 15 is 0 Å². The van der Waals surface area contributed by atoms with E-state index in [-0.39, 0.29) is 0 Å². The summed E-state index contributed by atoms with van der Waals surface area (Å²) in [6, 6.07) is 0. The second-order valence-electron chi connectivity index (χ2n) is 4.10. The van der Waals surface area contributed by atoms with Crippen LogP contribution in [0.2, 0.25) is 0 Å².